The molecular formula is C29H41FN2. The summed E-state index contributed by atoms with van der Waals surface area (Å²) in [4.78, 5) is 4.66. The van der Waals surface area contributed by atoms with Gasteiger partial charge in [-0.3, -0.25) is 4.57 Å². The van der Waals surface area contributed by atoms with Crippen molar-refractivity contribution in [3.05, 3.63) is 71.0 Å². The fourth-order valence-corrected chi connectivity index (χ4v) is 4.13. The Labute approximate surface area is 194 Å². The fourth-order valence-electron chi connectivity index (χ4n) is 4.13. The first-order chi connectivity index (χ1) is 15.0. The van der Waals surface area contributed by atoms with E-state index in [4.69, 9.17) is 0 Å². The minimum absolute atomic E-state index is 0.655. The highest BCUT2D eigenvalue weighted by Crippen LogP contribution is 2.42. The summed E-state index contributed by atoms with van der Waals surface area (Å²) in [5, 5.41) is 0. The van der Waals surface area contributed by atoms with Crippen LogP contribution in [0.2, 0.25) is 0 Å². The number of unbranched alkanes of at least 4 members (excludes halogenated alkanes) is 2. The number of benzene rings is 2. The zero-order chi connectivity index (χ0) is 24.1. The van der Waals surface area contributed by atoms with Gasteiger partial charge in [0, 0.05) is 23.4 Å². The van der Waals surface area contributed by atoms with E-state index in [9.17, 15) is 0 Å². The number of alkyl halides is 1. The third kappa shape index (κ3) is 5.49. The van der Waals surface area contributed by atoms with Gasteiger partial charge in [0.1, 0.15) is 11.5 Å². The summed E-state index contributed by atoms with van der Waals surface area (Å²) in [6.45, 7) is 18.0. The van der Waals surface area contributed by atoms with Crippen LogP contribution < -0.4 is 0 Å². The number of nitrogens with zero attached hydrogens (tertiary/aromatic N) is 2. The van der Waals surface area contributed by atoms with Crippen molar-refractivity contribution in [1.29, 1.82) is 0 Å². The number of halogens is 1. The number of aromatic nitrogens is 2. The molecule has 0 radical (unpaired) electrons. The van der Waals surface area contributed by atoms with Gasteiger partial charge in [0.15, 0.2) is 0 Å². The normalized spacial score (nSPS) is 11.8. The summed E-state index contributed by atoms with van der Waals surface area (Å²) >= 11 is 0. The van der Waals surface area contributed by atoms with Gasteiger partial charge < -0.3 is 0 Å². The second-order valence-corrected chi connectivity index (χ2v) is 9.86. The molecule has 174 valence electrons. The Balaban J connectivity index is 0.000000654. The number of hydrogen-bond acceptors (Lipinski definition) is 1. The Kier molecular flexibility index (Phi) is 8.45. The number of rotatable bonds is 6. The molecule has 0 aliphatic rings. The second-order valence-electron chi connectivity index (χ2n) is 9.86. The first-order valence-electron chi connectivity index (χ1n) is 11.9. The molecule has 3 heteroatoms. The van der Waals surface area contributed by atoms with E-state index < -0.39 is 11.1 Å². The minimum Gasteiger partial charge on any atom is -0.299 e. The van der Waals surface area contributed by atoms with Gasteiger partial charge in [-0.25, -0.2) is 9.37 Å². The second kappa shape index (κ2) is 10.5. The summed E-state index contributed by atoms with van der Waals surface area (Å²) in [5.74, 6) is 0.845. The highest BCUT2D eigenvalue weighted by Gasteiger charge is 2.40. The fraction of sp³-hybridized carbons (Fsp3) is 0.483. The molecular weight excluding hydrogens is 395 g/mol. The SMILES string of the molecule is CCCCC.Cc1cc(C)c(-n2ccnc2-c2ccccc2C(C)(C)C(C)(C)F)c(C)c1. The van der Waals surface area contributed by atoms with E-state index in [2.05, 4.69) is 56.3 Å². The van der Waals surface area contributed by atoms with Gasteiger partial charge in [-0.2, -0.15) is 0 Å². The van der Waals surface area contributed by atoms with E-state index in [1.807, 2.05) is 50.5 Å². The zero-order valence-electron chi connectivity index (χ0n) is 21.5. The molecule has 3 rings (SSSR count). The maximum atomic E-state index is 15.0. The van der Waals surface area contributed by atoms with Crippen LogP contribution in [0.5, 0.6) is 0 Å². The number of hydrogen-bond donors (Lipinski definition) is 0. The highest BCUT2D eigenvalue weighted by molar-refractivity contribution is 5.66. The van der Waals surface area contributed by atoms with E-state index in [-0.39, 0.29) is 0 Å². The van der Waals surface area contributed by atoms with E-state index in [1.165, 1.54) is 36.0 Å². The Morgan fingerprint density at radius 3 is 1.97 bits per heavy atom. The molecule has 0 atom stereocenters. The van der Waals surface area contributed by atoms with Crippen LogP contribution in [0.25, 0.3) is 17.1 Å². The lowest BCUT2D eigenvalue weighted by Gasteiger charge is -2.37. The molecule has 0 saturated carbocycles. The molecule has 0 spiro atoms. The average molecular weight is 437 g/mol. The van der Waals surface area contributed by atoms with Crippen LogP contribution in [0.1, 0.15) is 83.1 Å². The Morgan fingerprint density at radius 2 is 1.47 bits per heavy atom. The van der Waals surface area contributed by atoms with E-state index in [0.29, 0.717) is 0 Å². The summed E-state index contributed by atoms with van der Waals surface area (Å²) in [7, 11) is 0. The molecule has 0 fully saturated rings. The van der Waals surface area contributed by atoms with Gasteiger partial charge in [0.25, 0.3) is 0 Å². The van der Waals surface area contributed by atoms with E-state index in [0.717, 1.165) is 22.6 Å². The maximum absolute atomic E-state index is 15.0. The molecule has 0 bridgehead atoms. The van der Waals surface area contributed by atoms with Crippen LogP contribution in [0.4, 0.5) is 4.39 Å². The smallest absolute Gasteiger partial charge is 0.144 e. The van der Waals surface area contributed by atoms with Crippen LogP contribution >= 0.6 is 0 Å². The van der Waals surface area contributed by atoms with Crippen molar-refractivity contribution >= 4 is 0 Å². The van der Waals surface area contributed by atoms with Crippen LogP contribution in [0.15, 0.2) is 48.8 Å². The van der Waals surface area contributed by atoms with Crippen molar-refractivity contribution in [3.8, 4) is 17.1 Å². The van der Waals surface area contributed by atoms with Gasteiger partial charge >= 0.3 is 0 Å². The standard InChI is InChI=1S/C24H29FN2.C5H12/c1-16-14-17(2)21(18(3)15-16)27-13-12-26-22(27)19-10-8-9-11-20(19)23(4,5)24(6,7)25;1-3-5-4-2/h8-15H,1-7H3;3-5H2,1-2H3. The molecule has 3 aromatic rings. The minimum atomic E-state index is -1.36. The van der Waals surface area contributed by atoms with Crippen molar-refractivity contribution in [2.75, 3.05) is 0 Å². The molecule has 32 heavy (non-hydrogen) atoms. The number of aryl methyl sites for hydroxylation is 3. The van der Waals surface area contributed by atoms with Crippen LogP contribution in [0, 0.1) is 20.8 Å². The lowest BCUT2D eigenvalue weighted by Crippen LogP contribution is -2.39. The average Bonchev–Trinajstić information content (AvgIpc) is 3.16. The van der Waals surface area contributed by atoms with E-state index >= 15 is 4.39 Å². The summed E-state index contributed by atoms with van der Waals surface area (Å²) in [6, 6.07) is 12.4. The van der Waals surface area contributed by atoms with Crippen molar-refractivity contribution in [1.82, 2.24) is 9.55 Å². The molecule has 1 aromatic heterocycles. The highest BCUT2D eigenvalue weighted by atomic mass is 19.1. The predicted molar refractivity (Wildman–Crippen MR) is 137 cm³/mol. The van der Waals surface area contributed by atoms with Gasteiger partial charge in [-0.1, -0.05) is 88.9 Å². The Morgan fingerprint density at radius 1 is 0.906 bits per heavy atom. The molecule has 0 N–H and O–H groups in total. The molecule has 0 unspecified atom stereocenters. The zero-order valence-corrected chi connectivity index (χ0v) is 21.5. The summed E-state index contributed by atoms with van der Waals surface area (Å²) in [6.07, 6.45) is 7.88. The molecule has 2 nitrogen and oxygen atoms in total. The van der Waals surface area contributed by atoms with Gasteiger partial charge in [0.05, 0.1) is 5.69 Å². The molecule has 2 aromatic carbocycles. The lowest BCUT2D eigenvalue weighted by atomic mass is 9.71. The molecule has 0 aliphatic carbocycles. The third-order valence-corrected chi connectivity index (χ3v) is 6.55. The van der Waals surface area contributed by atoms with Crippen molar-refractivity contribution in [2.45, 2.75) is 92.7 Å². The molecule has 1 heterocycles. The Bertz CT molecular complexity index is 997. The first-order valence-corrected chi connectivity index (χ1v) is 11.9. The van der Waals surface area contributed by atoms with E-state index in [1.54, 1.807) is 13.8 Å². The monoisotopic (exact) mass is 436 g/mol. The largest absolute Gasteiger partial charge is 0.299 e. The van der Waals surface area contributed by atoms with Crippen molar-refractivity contribution in [3.63, 3.8) is 0 Å². The molecule has 0 saturated heterocycles. The van der Waals surface area contributed by atoms with Gasteiger partial charge in [-0.05, 0) is 51.3 Å². The van der Waals surface area contributed by atoms with Crippen LogP contribution in [-0.2, 0) is 5.41 Å². The Hall–Kier alpha value is -2.42. The van der Waals surface area contributed by atoms with Gasteiger partial charge in [-0.15, -0.1) is 0 Å². The maximum Gasteiger partial charge on any atom is 0.144 e. The van der Waals surface area contributed by atoms with Crippen LogP contribution in [0.3, 0.4) is 0 Å². The van der Waals surface area contributed by atoms with Crippen molar-refractivity contribution < 1.29 is 4.39 Å². The molecule has 0 aliphatic heterocycles. The van der Waals surface area contributed by atoms with Crippen LogP contribution in [-0.4, -0.2) is 15.2 Å². The van der Waals surface area contributed by atoms with Gasteiger partial charge in [0.2, 0.25) is 0 Å². The summed E-state index contributed by atoms with van der Waals surface area (Å²) in [5.41, 5.74) is 4.71. The number of imidazole rings is 1. The lowest BCUT2D eigenvalue weighted by molar-refractivity contribution is 0.114. The quantitative estimate of drug-likeness (QED) is 0.378. The topological polar surface area (TPSA) is 17.8 Å². The first kappa shape index (κ1) is 25.8. The predicted octanol–water partition coefficient (Wildman–Crippen LogP) is 8.69. The third-order valence-electron chi connectivity index (χ3n) is 6.55. The summed E-state index contributed by atoms with van der Waals surface area (Å²) < 4.78 is 17.2. The molecule has 0 amide bonds. The van der Waals surface area contributed by atoms with Crippen molar-refractivity contribution in [2.24, 2.45) is 0 Å².